The SMILES string of the molecule is CCN(Cc1cccc(N)c1)CC(C)CC(C)C. The number of rotatable bonds is 7. The van der Waals surface area contributed by atoms with Gasteiger partial charge in [-0.25, -0.2) is 0 Å². The Morgan fingerprint density at radius 1 is 1.22 bits per heavy atom. The number of nitrogens with two attached hydrogens (primary N) is 1. The maximum Gasteiger partial charge on any atom is 0.0317 e. The molecule has 0 heterocycles. The number of anilines is 1. The van der Waals surface area contributed by atoms with Crippen LogP contribution in [0.3, 0.4) is 0 Å². The van der Waals surface area contributed by atoms with Crippen molar-refractivity contribution in [3.05, 3.63) is 29.8 Å². The molecule has 0 saturated carbocycles. The molecule has 0 spiro atoms. The average Bonchev–Trinajstić information content (AvgIpc) is 2.27. The molecule has 1 aromatic carbocycles. The Morgan fingerprint density at radius 2 is 1.94 bits per heavy atom. The van der Waals surface area contributed by atoms with E-state index in [1.54, 1.807) is 0 Å². The van der Waals surface area contributed by atoms with Gasteiger partial charge in [0.05, 0.1) is 0 Å². The molecule has 0 amide bonds. The zero-order valence-electron chi connectivity index (χ0n) is 12.3. The Hall–Kier alpha value is -1.02. The van der Waals surface area contributed by atoms with Crippen molar-refractivity contribution in [3.8, 4) is 0 Å². The molecule has 0 bridgehead atoms. The molecule has 0 saturated heterocycles. The van der Waals surface area contributed by atoms with Crippen LogP contribution in [0, 0.1) is 11.8 Å². The number of hydrogen-bond donors (Lipinski definition) is 1. The molecule has 2 N–H and O–H groups in total. The van der Waals surface area contributed by atoms with Gasteiger partial charge < -0.3 is 5.73 Å². The molecular formula is C16H28N2. The van der Waals surface area contributed by atoms with E-state index in [2.05, 4.69) is 44.7 Å². The van der Waals surface area contributed by atoms with Crippen LogP contribution in [-0.4, -0.2) is 18.0 Å². The fourth-order valence-corrected chi connectivity index (χ4v) is 2.58. The summed E-state index contributed by atoms with van der Waals surface area (Å²) in [5, 5.41) is 0. The van der Waals surface area contributed by atoms with Gasteiger partial charge in [-0.3, -0.25) is 4.90 Å². The van der Waals surface area contributed by atoms with Crippen molar-refractivity contribution in [1.29, 1.82) is 0 Å². The van der Waals surface area contributed by atoms with Crippen LogP contribution in [-0.2, 0) is 6.54 Å². The van der Waals surface area contributed by atoms with E-state index in [1.807, 2.05) is 12.1 Å². The lowest BCUT2D eigenvalue weighted by Gasteiger charge is -2.25. The molecule has 1 aromatic rings. The summed E-state index contributed by atoms with van der Waals surface area (Å²) < 4.78 is 0. The van der Waals surface area contributed by atoms with Crippen LogP contribution in [0.4, 0.5) is 5.69 Å². The largest absolute Gasteiger partial charge is 0.399 e. The Kier molecular flexibility index (Phi) is 6.20. The van der Waals surface area contributed by atoms with Crippen molar-refractivity contribution >= 4 is 5.69 Å². The van der Waals surface area contributed by atoms with Gasteiger partial charge in [0.25, 0.3) is 0 Å². The van der Waals surface area contributed by atoms with Crippen molar-refractivity contribution in [2.45, 2.75) is 40.7 Å². The lowest BCUT2D eigenvalue weighted by atomic mass is 9.98. The molecule has 1 atom stereocenters. The first kappa shape index (κ1) is 15.0. The van der Waals surface area contributed by atoms with Gasteiger partial charge >= 0.3 is 0 Å². The first-order chi connectivity index (χ1) is 8.51. The number of nitrogens with zero attached hydrogens (tertiary/aromatic N) is 1. The van der Waals surface area contributed by atoms with Crippen molar-refractivity contribution < 1.29 is 0 Å². The van der Waals surface area contributed by atoms with Crippen molar-refractivity contribution in [2.75, 3.05) is 18.8 Å². The molecule has 2 heteroatoms. The fraction of sp³-hybridized carbons (Fsp3) is 0.625. The van der Waals surface area contributed by atoms with E-state index in [0.29, 0.717) is 0 Å². The van der Waals surface area contributed by atoms with E-state index >= 15 is 0 Å². The van der Waals surface area contributed by atoms with Crippen LogP contribution in [0.15, 0.2) is 24.3 Å². The second-order valence-corrected chi connectivity index (χ2v) is 5.81. The molecule has 0 radical (unpaired) electrons. The molecule has 102 valence electrons. The van der Waals surface area contributed by atoms with E-state index in [1.165, 1.54) is 18.5 Å². The summed E-state index contributed by atoms with van der Waals surface area (Å²) in [6.07, 6.45) is 1.30. The van der Waals surface area contributed by atoms with E-state index in [9.17, 15) is 0 Å². The maximum atomic E-state index is 5.82. The quantitative estimate of drug-likeness (QED) is 0.744. The lowest BCUT2D eigenvalue weighted by molar-refractivity contribution is 0.225. The molecule has 0 aliphatic carbocycles. The molecule has 0 aromatic heterocycles. The van der Waals surface area contributed by atoms with Crippen molar-refractivity contribution in [2.24, 2.45) is 11.8 Å². The summed E-state index contributed by atoms with van der Waals surface area (Å²) in [4.78, 5) is 2.50. The summed E-state index contributed by atoms with van der Waals surface area (Å²) in [6.45, 7) is 12.4. The van der Waals surface area contributed by atoms with Crippen LogP contribution < -0.4 is 5.73 Å². The predicted molar refractivity (Wildman–Crippen MR) is 80.4 cm³/mol. The molecule has 0 aliphatic heterocycles. The van der Waals surface area contributed by atoms with Gasteiger partial charge in [-0.1, -0.05) is 39.8 Å². The smallest absolute Gasteiger partial charge is 0.0317 e. The van der Waals surface area contributed by atoms with Crippen LogP contribution in [0.25, 0.3) is 0 Å². The summed E-state index contributed by atoms with van der Waals surface area (Å²) in [5.74, 6) is 1.54. The van der Waals surface area contributed by atoms with Crippen molar-refractivity contribution in [1.82, 2.24) is 4.90 Å². The van der Waals surface area contributed by atoms with Gasteiger partial charge in [0, 0.05) is 18.8 Å². The molecule has 1 rings (SSSR count). The highest BCUT2D eigenvalue weighted by Gasteiger charge is 2.10. The van der Waals surface area contributed by atoms with Gasteiger partial charge in [0.2, 0.25) is 0 Å². The Bertz CT molecular complexity index is 347. The number of hydrogen-bond acceptors (Lipinski definition) is 2. The van der Waals surface area contributed by atoms with Gasteiger partial charge in [-0.05, 0) is 42.5 Å². The first-order valence-electron chi connectivity index (χ1n) is 7.08. The van der Waals surface area contributed by atoms with Gasteiger partial charge in [0.1, 0.15) is 0 Å². The van der Waals surface area contributed by atoms with E-state index in [0.717, 1.165) is 30.6 Å². The van der Waals surface area contributed by atoms with E-state index in [-0.39, 0.29) is 0 Å². The summed E-state index contributed by atoms with van der Waals surface area (Å²) >= 11 is 0. The standard InChI is InChI=1S/C16H28N2/c1-5-18(11-14(4)9-13(2)3)12-15-7-6-8-16(17)10-15/h6-8,10,13-14H,5,9,11-12,17H2,1-4H3. The Morgan fingerprint density at radius 3 is 2.50 bits per heavy atom. The molecule has 2 nitrogen and oxygen atoms in total. The van der Waals surface area contributed by atoms with Gasteiger partial charge in [-0.2, -0.15) is 0 Å². The summed E-state index contributed by atoms with van der Waals surface area (Å²) in [5.41, 5.74) is 8.00. The topological polar surface area (TPSA) is 29.3 Å². The highest BCUT2D eigenvalue weighted by Crippen LogP contribution is 2.15. The number of nitrogen functional groups attached to an aromatic ring is 1. The highest BCUT2D eigenvalue weighted by atomic mass is 15.1. The molecule has 0 aliphatic rings. The third kappa shape index (κ3) is 5.54. The maximum absolute atomic E-state index is 5.82. The zero-order valence-corrected chi connectivity index (χ0v) is 12.3. The second-order valence-electron chi connectivity index (χ2n) is 5.81. The molecule has 0 fully saturated rings. The Balaban J connectivity index is 2.51. The van der Waals surface area contributed by atoms with E-state index < -0.39 is 0 Å². The lowest BCUT2D eigenvalue weighted by Crippen LogP contribution is -2.28. The second kappa shape index (κ2) is 7.42. The highest BCUT2D eigenvalue weighted by molar-refractivity contribution is 5.40. The normalized spacial score (nSPS) is 13.2. The number of benzene rings is 1. The van der Waals surface area contributed by atoms with Crippen LogP contribution in [0.2, 0.25) is 0 Å². The fourth-order valence-electron chi connectivity index (χ4n) is 2.58. The van der Waals surface area contributed by atoms with Crippen molar-refractivity contribution in [3.63, 3.8) is 0 Å². The minimum absolute atomic E-state index is 0.756. The zero-order chi connectivity index (χ0) is 13.5. The van der Waals surface area contributed by atoms with E-state index in [4.69, 9.17) is 5.73 Å². The summed E-state index contributed by atoms with van der Waals surface area (Å²) in [7, 11) is 0. The van der Waals surface area contributed by atoms with Crippen LogP contribution >= 0.6 is 0 Å². The third-order valence-corrected chi connectivity index (χ3v) is 3.25. The first-order valence-corrected chi connectivity index (χ1v) is 7.08. The minimum atomic E-state index is 0.756. The van der Waals surface area contributed by atoms with Crippen LogP contribution in [0.5, 0.6) is 0 Å². The van der Waals surface area contributed by atoms with Gasteiger partial charge in [-0.15, -0.1) is 0 Å². The third-order valence-electron chi connectivity index (χ3n) is 3.25. The predicted octanol–water partition coefficient (Wildman–Crippen LogP) is 3.77. The van der Waals surface area contributed by atoms with Crippen LogP contribution in [0.1, 0.15) is 39.7 Å². The molecule has 18 heavy (non-hydrogen) atoms. The molecule has 1 unspecified atom stereocenters. The Labute approximate surface area is 112 Å². The molecular weight excluding hydrogens is 220 g/mol. The average molecular weight is 248 g/mol. The minimum Gasteiger partial charge on any atom is -0.399 e. The summed E-state index contributed by atoms with van der Waals surface area (Å²) in [6, 6.07) is 8.22. The monoisotopic (exact) mass is 248 g/mol. The van der Waals surface area contributed by atoms with Gasteiger partial charge in [0.15, 0.2) is 0 Å².